The summed E-state index contributed by atoms with van der Waals surface area (Å²) < 4.78 is 16.9. The minimum Gasteiger partial charge on any atom is -0.388 e. The largest absolute Gasteiger partial charge is 0.388 e. The van der Waals surface area contributed by atoms with Crippen molar-refractivity contribution in [3.8, 4) is 0 Å². The number of unbranched alkanes of at least 4 members (excludes halogenated alkanes) is 7. The standard InChI is InChI=1S/C16H30O4/c1-2-3-4-5-6-7-8-9-10-18-14-12-20-15-13(17)11-19-16(14)15/h13-17H,2-12H2,1H3/t13-,14+,15-,16-/m1/s1. The molecule has 2 saturated heterocycles. The Labute approximate surface area is 122 Å². The van der Waals surface area contributed by atoms with Crippen LogP contribution in [0.15, 0.2) is 0 Å². The van der Waals surface area contributed by atoms with Gasteiger partial charge in [-0.25, -0.2) is 0 Å². The summed E-state index contributed by atoms with van der Waals surface area (Å²) in [6, 6.07) is 0. The second-order valence-corrected chi connectivity index (χ2v) is 6.05. The summed E-state index contributed by atoms with van der Waals surface area (Å²) in [4.78, 5) is 0. The molecule has 0 radical (unpaired) electrons. The molecule has 4 atom stereocenters. The van der Waals surface area contributed by atoms with Gasteiger partial charge < -0.3 is 19.3 Å². The molecule has 2 fully saturated rings. The Hall–Kier alpha value is -0.160. The van der Waals surface area contributed by atoms with Crippen molar-refractivity contribution in [3.05, 3.63) is 0 Å². The molecule has 0 aromatic carbocycles. The number of aliphatic hydroxyl groups excluding tert-OH is 1. The molecule has 0 amide bonds. The minimum absolute atomic E-state index is 0.0155. The van der Waals surface area contributed by atoms with Crippen molar-refractivity contribution in [3.63, 3.8) is 0 Å². The Morgan fingerprint density at radius 2 is 1.55 bits per heavy atom. The zero-order chi connectivity index (χ0) is 14.2. The van der Waals surface area contributed by atoms with Gasteiger partial charge in [-0.1, -0.05) is 51.9 Å². The van der Waals surface area contributed by atoms with Crippen LogP contribution in [0.3, 0.4) is 0 Å². The van der Waals surface area contributed by atoms with Crippen LogP contribution in [-0.4, -0.2) is 49.3 Å². The average Bonchev–Trinajstić information content (AvgIpc) is 3.01. The fourth-order valence-corrected chi connectivity index (χ4v) is 3.06. The average molecular weight is 286 g/mol. The SMILES string of the molecule is CCCCCCCCCCO[C@H]1CO[C@H]2[C@@H]1OC[C@H]2O. The van der Waals surface area contributed by atoms with Gasteiger partial charge in [-0.2, -0.15) is 0 Å². The monoisotopic (exact) mass is 286 g/mol. The van der Waals surface area contributed by atoms with Gasteiger partial charge in [0.2, 0.25) is 0 Å². The van der Waals surface area contributed by atoms with Crippen LogP contribution >= 0.6 is 0 Å². The summed E-state index contributed by atoms with van der Waals surface area (Å²) in [6.45, 7) is 3.98. The number of aliphatic hydroxyl groups is 1. The lowest BCUT2D eigenvalue weighted by molar-refractivity contribution is -0.0378. The molecule has 0 spiro atoms. The summed E-state index contributed by atoms with van der Waals surface area (Å²) in [5, 5.41) is 9.64. The van der Waals surface area contributed by atoms with E-state index in [1.165, 1.54) is 44.9 Å². The predicted octanol–water partition coefficient (Wildman–Crippen LogP) is 2.67. The van der Waals surface area contributed by atoms with E-state index in [1.807, 2.05) is 0 Å². The fraction of sp³-hybridized carbons (Fsp3) is 1.00. The van der Waals surface area contributed by atoms with Gasteiger partial charge in [-0.05, 0) is 6.42 Å². The van der Waals surface area contributed by atoms with Gasteiger partial charge in [0.25, 0.3) is 0 Å². The highest BCUT2D eigenvalue weighted by Gasteiger charge is 2.47. The van der Waals surface area contributed by atoms with Gasteiger partial charge in [0.15, 0.2) is 0 Å². The van der Waals surface area contributed by atoms with Crippen molar-refractivity contribution < 1.29 is 19.3 Å². The highest BCUT2D eigenvalue weighted by atomic mass is 16.6. The number of rotatable bonds is 10. The molecule has 0 aromatic heterocycles. The van der Waals surface area contributed by atoms with E-state index >= 15 is 0 Å². The first kappa shape index (κ1) is 16.2. The first-order chi connectivity index (χ1) is 9.83. The first-order valence-electron chi connectivity index (χ1n) is 8.35. The van der Waals surface area contributed by atoms with Crippen LogP contribution < -0.4 is 0 Å². The molecule has 1 N–H and O–H groups in total. The van der Waals surface area contributed by atoms with Crippen LogP contribution in [0.25, 0.3) is 0 Å². The van der Waals surface area contributed by atoms with Crippen LogP contribution in [0.4, 0.5) is 0 Å². The maximum absolute atomic E-state index is 9.64. The number of fused-ring (bicyclic) bond motifs is 1. The highest BCUT2D eigenvalue weighted by molar-refractivity contribution is 4.94. The molecule has 4 nitrogen and oxygen atoms in total. The van der Waals surface area contributed by atoms with Gasteiger partial charge in [0.1, 0.15) is 24.4 Å². The van der Waals surface area contributed by atoms with Crippen LogP contribution in [0.2, 0.25) is 0 Å². The topological polar surface area (TPSA) is 47.9 Å². The molecule has 0 bridgehead atoms. The fourth-order valence-electron chi connectivity index (χ4n) is 3.06. The van der Waals surface area contributed by atoms with E-state index in [0.717, 1.165) is 13.0 Å². The van der Waals surface area contributed by atoms with Crippen molar-refractivity contribution in [2.75, 3.05) is 19.8 Å². The highest BCUT2D eigenvalue weighted by Crippen LogP contribution is 2.28. The second-order valence-electron chi connectivity index (χ2n) is 6.05. The van der Waals surface area contributed by atoms with E-state index in [2.05, 4.69) is 6.92 Å². The maximum Gasteiger partial charge on any atom is 0.115 e. The number of ether oxygens (including phenoxy) is 3. The summed E-state index contributed by atoms with van der Waals surface area (Å²) in [5.74, 6) is 0. The molecule has 0 unspecified atom stereocenters. The number of hydrogen-bond donors (Lipinski definition) is 1. The Morgan fingerprint density at radius 1 is 0.900 bits per heavy atom. The molecule has 2 aliphatic heterocycles. The van der Waals surface area contributed by atoms with E-state index in [9.17, 15) is 5.11 Å². The van der Waals surface area contributed by atoms with E-state index in [4.69, 9.17) is 14.2 Å². The van der Waals surface area contributed by atoms with Crippen LogP contribution in [0.5, 0.6) is 0 Å². The smallest absolute Gasteiger partial charge is 0.115 e. The zero-order valence-corrected chi connectivity index (χ0v) is 12.8. The lowest BCUT2D eigenvalue weighted by Gasteiger charge is -2.16. The normalized spacial score (nSPS) is 32.7. The molecule has 0 aliphatic carbocycles. The number of hydrogen-bond acceptors (Lipinski definition) is 4. The zero-order valence-electron chi connectivity index (χ0n) is 12.8. The van der Waals surface area contributed by atoms with Crippen molar-refractivity contribution in [2.45, 2.75) is 82.7 Å². The van der Waals surface area contributed by atoms with E-state index < -0.39 is 6.10 Å². The van der Waals surface area contributed by atoms with E-state index in [-0.39, 0.29) is 18.3 Å². The predicted molar refractivity (Wildman–Crippen MR) is 77.8 cm³/mol. The van der Waals surface area contributed by atoms with Crippen molar-refractivity contribution in [2.24, 2.45) is 0 Å². The summed E-state index contributed by atoms with van der Waals surface area (Å²) >= 11 is 0. The molecule has 2 aliphatic rings. The van der Waals surface area contributed by atoms with Crippen molar-refractivity contribution in [1.29, 1.82) is 0 Å². The van der Waals surface area contributed by atoms with Crippen molar-refractivity contribution in [1.82, 2.24) is 0 Å². The second kappa shape index (κ2) is 8.98. The molecule has 0 saturated carbocycles. The molecule has 2 rings (SSSR count). The third-order valence-corrected chi connectivity index (χ3v) is 4.31. The molecule has 4 heteroatoms. The van der Waals surface area contributed by atoms with Gasteiger partial charge in [0.05, 0.1) is 13.2 Å². The van der Waals surface area contributed by atoms with E-state index in [1.54, 1.807) is 0 Å². The molecular formula is C16H30O4. The van der Waals surface area contributed by atoms with Gasteiger partial charge >= 0.3 is 0 Å². The molecule has 2 heterocycles. The Bertz CT molecular complexity index is 259. The van der Waals surface area contributed by atoms with E-state index in [0.29, 0.717) is 13.2 Å². The quantitative estimate of drug-likeness (QED) is 0.627. The van der Waals surface area contributed by atoms with Crippen LogP contribution in [0.1, 0.15) is 58.3 Å². The van der Waals surface area contributed by atoms with Crippen LogP contribution in [-0.2, 0) is 14.2 Å². The van der Waals surface area contributed by atoms with Gasteiger partial charge in [-0.15, -0.1) is 0 Å². The summed E-state index contributed by atoms with van der Waals surface area (Å²) in [6.07, 6.45) is 9.80. The summed E-state index contributed by atoms with van der Waals surface area (Å²) in [5.41, 5.74) is 0. The van der Waals surface area contributed by atoms with Gasteiger partial charge in [-0.3, -0.25) is 0 Å². The third-order valence-electron chi connectivity index (χ3n) is 4.31. The lowest BCUT2D eigenvalue weighted by Crippen LogP contribution is -2.33. The minimum atomic E-state index is -0.475. The van der Waals surface area contributed by atoms with Crippen LogP contribution in [0, 0.1) is 0 Å². The third kappa shape index (κ3) is 4.69. The molecular weight excluding hydrogens is 256 g/mol. The lowest BCUT2D eigenvalue weighted by atomic mass is 10.1. The van der Waals surface area contributed by atoms with Crippen molar-refractivity contribution >= 4 is 0 Å². The Kier molecular flexibility index (Phi) is 7.28. The molecule has 20 heavy (non-hydrogen) atoms. The summed E-state index contributed by atoms with van der Waals surface area (Å²) in [7, 11) is 0. The Morgan fingerprint density at radius 3 is 2.30 bits per heavy atom. The molecule has 118 valence electrons. The maximum atomic E-state index is 9.64. The first-order valence-corrected chi connectivity index (χ1v) is 8.35. The van der Waals surface area contributed by atoms with Gasteiger partial charge in [0, 0.05) is 6.61 Å². The Balaban J connectivity index is 1.44. The molecule has 0 aromatic rings.